The molecule has 0 aromatic carbocycles. The summed E-state index contributed by atoms with van der Waals surface area (Å²) in [5.41, 5.74) is 6.00. The molecule has 6 nitrogen and oxygen atoms in total. The zero-order valence-corrected chi connectivity index (χ0v) is 12.6. The van der Waals surface area contributed by atoms with Gasteiger partial charge in [-0.05, 0) is 13.8 Å². The minimum Gasteiger partial charge on any atom is -0.383 e. The van der Waals surface area contributed by atoms with Crippen molar-refractivity contribution in [2.45, 2.75) is 31.0 Å². The number of aryl methyl sites for hydroxylation is 1. The summed E-state index contributed by atoms with van der Waals surface area (Å²) in [5.74, 6) is 0. The van der Waals surface area contributed by atoms with E-state index in [1.807, 2.05) is 6.92 Å². The number of nitrogens with two attached hydrogens (primary N) is 1. The van der Waals surface area contributed by atoms with Gasteiger partial charge in [-0.2, -0.15) is 4.31 Å². The predicted molar refractivity (Wildman–Crippen MR) is 72.2 cm³/mol. The van der Waals surface area contributed by atoms with Crippen LogP contribution in [-0.2, 0) is 14.8 Å². The van der Waals surface area contributed by atoms with E-state index in [0.717, 1.165) is 11.3 Å². The second-order valence-corrected chi connectivity index (χ2v) is 7.05. The highest BCUT2D eigenvalue weighted by Crippen LogP contribution is 2.28. The molecule has 2 N–H and O–H groups in total. The second-order valence-electron chi connectivity index (χ2n) is 3.94. The number of nitrogens with zero attached hydrogens (tertiary/aromatic N) is 2. The molecule has 0 amide bonds. The molecule has 0 aliphatic rings. The fourth-order valence-electron chi connectivity index (χ4n) is 1.79. The first-order chi connectivity index (χ1) is 8.34. The number of methoxy groups -OCH3 is 1. The fraction of sp³-hybridized carbons (Fsp3) is 0.700. The largest absolute Gasteiger partial charge is 0.383 e. The van der Waals surface area contributed by atoms with Gasteiger partial charge in [0, 0.05) is 19.7 Å². The van der Waals surface area contributed by atoms with Crippen LogP contribution in [-0.4, -0.2) is 44.0 Å². The number of aromatic nitrogens is 1. The summed E-state index contributed by atoms with van der Waals surface area (Å²) >= 11 is 0.997. The minimum atomic E-state index is -3.55. The van der Waals surface area contributed by atoms with E-state index in [-0.39, 0.29) is 15.4 Å². The Morgan fingerprint density at radius 2 is 2.17 bits per heavy atom. The lowest BCUT2D eigenvalue weighted by Gasteiger charge is -2.26. The van der Waals surface area contributed by atoms with Gasteiger partial charge in [-0.1, -0.05) is 18.3 Å². The summed E-state index contributed by atoms with van der Waals surface area (Å²) in [7, 11) is -2.00. The summed E-state index contributed by atoms with van der Waals surface area (Å²) in [6.45, 7) is 5.98. The Labute approximate surface area is 112 Å². The molecule has 1 rings (SSSR count). The van der Waals surface area contributed by atoms with Crippen molar-refractivity contribution in [3.05, 3.63) is 5.69 Å². The molecule has 1 atom stereocenters. The SMILES string of the molecule is CCN(C(C)COC)S(=O)(=O)c1sc(N)nc1C. The standard InChI is InChI=1S/C10H19N3O3S2/c1-5-13(7(2)6-16-4)18(14,15)9-8(3)12-10(11)17-9/h7H,5-6H2,1-4H3,(H2,11,12). The van der Waals surface area contributed by atoms with E-state index < -0.39 is 10.0 Å². The quantitative estimate of drug-likeness (QED) is 0.848. The van der Waals surface area contributed by atoms with Crippen LogP contribution in [0.25, 0.3) is 0 Å². The Kier molecular flexibility index (Phi) is 5.09. The number of anilines is 1. The van der Waals surface area contributed by atoms with E-state index in [1.54, 1.807) is 21.0 Å². The molecule has 0 aliphatic carbocycles. The molecular formula is C10H19N3O3S2. The number of rotatable bonds is 6. The normalized spacial score (nSPS) is 14.1. The highest BCUT2D eigenvalue weighted by atomic mass is 32.2. The van der Waals surface area contributed by atoms with Gasteiger partial charge in [-0.25, -0.2) is 13.4 Å². The van der Waals surface area contributed by atoms with Gasteiger partial charge in [-0.3, -0.25) is 0 Å². The number of hydrogen-bond acceptors (Lipinski definition) is 6. The number of hydrogen-bond donors (Lipinski definition) is 1. The van der Waals surface area contributed by atoms with Crippen molar-refractivity contribution in [2.75, 3.05) is 26.0 Å². The van der Waals surface area contributed by atoms with Crippen LogP contribution in [0.15, 0.2) is 4.21 Å². The second kappa shape index (κ2) is 5.96. The molecule has 1 heterocycles. The third-order valence-electron chi connectivity index (χ3n) is 2.52. The van der Waals surface area contributed by atoms with Crippen LogP contribution >= 0.6 is 11.3 Å². The summed E-state index contributed by atoms with van der Waals surface area (Å²) in [4.78, 5) is 3.96. The van der Waals surface area contributed by atoms with E-state index in [1.165, 1.54) is 4.31 Å². The summed E-state index contributed by atoms with van der Waals surface area (Å²) in [5, 5.41) is 0.265. The predicted octanol–water partition coefficient (Wildman–Crippen LogP) is 1.08. The molecule has 8 heteroatoms. The van der Waals surface area contributed by atoms with Crippen LogP contribution in [0, 0.1) is 6.92 Å². The Hall–Kier alpha value is -0.700. The number of nitrogen functional groups attached to an aromatic ring is 1. The van der Waals surface area contributed by atoms with Crippen LogP contribution < -0.4 is 5.73 Å². The van der Waals surface area contributed by atoms with Gasteiger partial charge in [0.2, 0.25) is 0 Å². The molecule has 1 aromatic rings. The average molecular weight is 293 g/mol. The van der Waals surface area contributed by atoms with Crippen molar-refractivity contribution in [2.24, 2.45) is 0 Å². The van der Waals surface area contributed by atoms with Crippen LogP contribution in [0.1, 0.15) is 19.5 Å². The molecule has 0 spiro atoms. The Bertz CT molecular complexity index is 498. The van der Waals surface area contributed by atoms with Crippen LogP contribution in [0.5, 0.6) is 0 Å². The van der Waals surface area contributed by atoms with E-state index in [9.17, 15) is 8.42 Å². The maximum absolute atomic E-state index is 12.5. The van der Waals surface area contributed by atoms with Gasteiger partial charge in [0.15, 0.2) is 9.34 Å². The van der Waals surface area contributed by atoms with Crippen LogP contribution in [0.3, 0.4) is 0 Å². The Morgan fingerprint density at radius 3 is 2.56 bits per heavy atom. The smallest absolute Gasteiger partial charge is 0.254 e. The van der Waals surface area contributed by atoms with Gasteiger partial charge in [0.05, 0.1) is 12.3 Å². The molecule has 1 aromatic heterocycles. The zero-order valence-electron chi connectivity index (χ0n) is 11.0. The first-order valence-electron chi connectivity index (χ1n) is 5.58. The first kappa shape index (κ1) is 15.4. The van der Waals surface area contributed by atoms with E-state index >= 15 is 0 Å². The molecule has 104 valence electrons. The molecule has 0 bridgehead atoms. The fourth-order valence-corrected chi connectivity index (χ4v) is 4.83. The molecule has 18 heavy (non-hydrogen) atoms. The zero-order chi connectivity index (χ0) is 13.9. The topological polar surface area (TPSA) is 85.5 Å². The molecule has 0 saturated carbocycles. The van der Waals surface area contributed by atoms with Crippen molar-refractivity contribution >= 4 is 26.5 Å². The van der Waals surface area contributed by atoms with Crippen molar-refractivity contribution in [3.63, 3.8) is 0 Å². The van der Waals surface area contributed by atoms with Crippen LogP contribution in [0.4, 0.5) is 5.13 Å². The lowest BCUT2D eigenvalue weighted by Crippen LogP contribution is -2.40. The summed E-state index contributed by atoms with van der Waals surface area (Å²) < 4.78 is 31.6. The van der Waals surface area contributed by atoms with E-state index in [4.69, 9.17) is 10.5 Å². The Morgan fingerprint density at radius 1 is 1.56 bits per heavy atom. The molecule has 0 fully saturated rings. The van der Waals surface area contributed by atoms with Crippen molar-refractivity contribution in [1.29, 1.82) is 0 Å². The van der Waals surface area contributed by atoms with Crippen molar-refractivity contribution in [1.82, 2.24) is 9.29 Å². The summed E-state index contributed by atoms with van der Waals surface area (Å²) in [6, 6.07) is -0.229. The molecule has 0 radical (unpaired) electrons. The summed E-state index contributed by atoms with van der Waals surface area (Å²) in [6.07, 6.45) is 0. The molecule has 0 aliphatic heterocycles. The monoisotopic (exact) mass is 293 g/mol. The Balaban J connectivity index is 3.15. The third-order valence-corrected chi connectivity index (χ3v) is 6.19. The van der Waals surface area contributed by atoms with Gasteiger partial charge >= 0.3 is 0 Å². The number of thiazole rings is 1. The average Bonchev–Trinajstić information content (AvgIpc) is 2.59. The lowest BCUT2D eigenvalue weighted by atomic mass is 10.4. The van der Waals surface area contributed by atoms with E-state index in [2.05, 4.69) is 4.98 Å². The van der Waals surface area contributed by atoms with Gasteiger partial charge < -0.3 is 10.5 Å². The van der Waals surface area contributed by atoms with Gasteiger partial charge in [0.25, 0.3) is 10.0 Å². The van der Waals surface area contributed by atoms with E-state index in [0.29, 0.717) is 18.8 Å². The highest BCUT2D eigenvalue weighted by Gasteiger charge is 2.31. The maximum Gasteiger partial charge on any atom is 0.254 e. The van der Waals surface area contributed by atoms with Crippen molar-refractivity contribution < 1.29 is 13.2 Å². The lowest BCUT2D eigenvalue weighted by molar-refractivity contribution is 0.143. The molecule has 0 saturated heterocycles. The number of likely N-dealkylation sites (N-methyl/N-ethyl adjacent to an activating group) is 1. The van der Waals surface area contributed by atoms with Crippen LogP contribution in [0.2, 0.25) is 0 Å². The minimum absolute atomic E-state index is 0.213. The molecular weight excluding hydrogens is 274 g/mol. The maximum atomic E-state index is 12.5. The molecule has 1 unspecified atom stereocenters. The number of sulfonamides is 1. The van der Waals surface area contributed by atoms with Crippen molar-refractivity contribution in [3.8, 4) is 0 Å². The third kappa shape index (κ3) is 3.00. The van der Waals surface area contributed by atoms with Gasteiger partial charge in [0.1, 0.15) is 0 Å². The number of ether oxygens (including phenoxy) is 1. The van der Waals surface area contributed by atoms with Gasteiger partial charge in [-0.15, -0.1) is 0 Å². The highest BCUT2D eigenvalue weighted by molar-refractivity contribution is 7.91. The first-order valence-corrected chi connectivity index (χ1v) is 7.83.